The van der Waals surface area contributed by atoms with Gasteiger partial charge in [0.2, 0.25) is 0 Å². The zero-order valence-electron chi connectivity index (χ0n) is 19.6. The van der Waals surface area contributed by atoms with Crippen LogP contribution in [0.1, 0.15) is 56.9 Å². The maximum Gasteiger partial charge on any atom is 0.303 e. The van der Waals surface area contributed by atoms with Crippen molar-refractivity contribution in [1.29, 1.82) is 0 Å². The fourth-order valence-corrected chi connectivity index (χ4v) is 5.48. The molecule has 1 aliphatic carbocycles. The van der Waals surface area contributed by atoms with Crippen LogP contribution >= 0.6 is 0 Å². The number of rotatable bonds is 11. The van der Waals surface area contributed by atoms with Crippen LogP contribution in [-0.2, 0) is 16.1 Å². The van der Waals surface area contributed by atoms with Gasteiger partial charge >= 0.3 is 5.97 Å². The highest BCUT2D eigenvalue weighted by atomic mass is 16.5. The van der Waals surface area contributed by atoms with Gasteiger partial charge in [0.15, 0.2) is 0 Å². The van der Waals surface area contributed by atoms with Crippen molar-refractivity contribution in [2.45, 2.75) is 70.1 Å². The third kappa shape index (κ3) is 6.78. The van der Waals surface area contributed by atoms with Crippen LogP contribution in [0.15, 0.2) is 66.7 Å². The Bertz CT molecular complexity index is 887. The van der Waals surface area contributed by atoms with Crippen molar-refractivity contribution in [1.82, 2.24) is 4.90 Å². The summed E-state index contributed by atoms with van der Waals surface area (Å²) in [7, 11) is 0. The summed E-state index contributed by atoms with van der Waals surface area (Å²) in [5, 5.41) is 8.80. The van der Waals surface area contributed by atoms with Crippen molar-refractivity contribution in [3.05, 3.63) is 72.3 Å². The molecule has 1 saturated heterocycles. The molecule has 0 spiro atoms. The summed E-state index contributed by atoms with van der Waals surface area (Å²) >= 11 is 0. The molecule has 0 unspecified atom stereocenters. The minimum absolute atomic E-state index is 0.213. The van der Waals surface area contributed by atoms with E-state index in [1.807, 2.05) is 12.1 Å². The smallest absolute Gasteiger partial charge is 0.303 e. The second-order valence-electron chi connectivity index (χ2n) is 9.45. The molecule has 2 fully saturated rings. The van der Waals surface area contributed by atoms with Crippen LogP contribution in [0.25, 0.3) is 11.1 Å². The van der Waals surface area contributed by atoms with E-state index in [9.17, 15) is 4.79 Å². The molecule has 33 heavy (non-hydrogen) atoms. The summed E-state index contributed by atoms with van der Waals surface area (Å²) in [6, 6.07) is 19.9. The molecule has 1 N–H and O–H groups in total. The summed E-state index contributed by atoms with van der Waals surface area (Å²) in [5.74, 6) is -0.175. The Morgan fingerprint density at radius 2 is 1.64 bits per heavy atom. The Labute approximate surface area is 198 Å². The summed E-state index contributed by atoms with van der Waals surface area (Å²) < 4.78 is 6.52. The van der Waals surface area contributed by atoms with E-state index in [-0.39, 0.29) is 6.42 Å². The maximum absolute atomic E-state index is 10.7. The number of aliphatic carboxylic acids is 1. The molecule has 0 radical (unpaired) electrons. The van der Waals surface area contributed by atoms with E-state index in [1.54, 1.807) is 0 Å². The van der Waals surface area contributed by atoms with E-state index < -0.39 is 5.97 Å². The number of likely N-dealkylation sites (tertiary alicyclic amines) is 1. The fraction of sp³-hybridized carbons (Fsp3) is 0.483. The molecule has 4 nitrogen and oxygen atoms in total. The number of ether oxygens (including phenoxy) is 1. The lowest BCUT2D eigenvalue weighted by Crippen LogP contribution is -2.38. The summed E-state index contributed by atoms with van der Waals surface area (Å²) in [4.78, 5) is 13.4. The first kappa shape index (κ1) is 23.7. The first-order chi connectivity index (χ1) is 16.2. The molecule has 4 rings (SSSR count). The van der Waals surface area contributed by atoms with E-state index in [1.165, 1.54) is 49.0 Å². The van der Waals surface area contributed by atoms with E-state index in [2.05, 4.69) is 59.5 Å². The lowest BCUT2D eigenvalue weighted by molar-refractivity contribution is -0.136. The Morgan fingerprint density at radius 1 is 0.939 bits per heavy atom. The summed E-state index contributed by atoms with van der Waals surface area (Å²) in [5.41, 5.74) is 3.71. The number of benzene rings is 2. The van der Waals surface area contributed by atoms with Crippen LogP contribution in [0.4, 0.5) is 0 Å². The number of nitrogens with zero attached hydrogens (tertiary/aromatic N) is 1. The van der Waals surface area contributed by atoms with E-state index >= 15 is 0 Å². The predicted molar refractivity (Wildman–Crippen MR) is 133 cm³/mol. The number of allylic oxidation sites excluding steroid dienone is 2. The van der Waals surface area contributed by atoms with Gasteiger partial charge < -0.3 is 14.7 Å². The highest BCUT2D eigenvalue weighted by Crippen LogP contribution is 2.37. The Kier molecular flexibility index (Phi) is 8.73. The standard InChI is InChI=1S/C29H37NO3/c31-29(32)13-7-2-1-6-12-26-27(30-20-8-9-21-30)18-19-28(26)33-22-23-14-16-25(17-15-23)24-10-4-3-5-11-24/h1-5,10-11,14-17,26-28H,6-9,12-13,18-22H2,(H,31,32)/b2-1-/t26-,27+,28+/m1/s1. The third-order valence-corrected chi connectivity index (χ3v) is 7.21. The van der Waals surface area contributed by atoms with Crippen molar-refractivity contribution in [2.75, 3.05) is 13.1 Å². The Morgan fingerprint density at radius 3 is 2.36 bits per heavy atom. The van der Waals surface area contributed by atoms with Crippen molar-refractivity contribution in [3.63, 3.8) is 0 Å². The minimum Gasteiger partial charge on any atom is -0.481 e. The first-order valence-corrected chi connectivity index (χ1v) is 12.6. The highest BCUT2D eigenvalue weighted by molar-refractivity contribution is 5.66. The molecule has 1 heterocycles. The second kappa shape index (κ2) is 12.2. The molecule has 0 amide bonds. The monoisotopic (exact) mass is 447 g/mol. The molecule has 176 valence electrons. The maximum atomic E-state index is 10.7. The van der Waals surface area contributed by atoms with Crippen molar-refractivity contribution < 1.29 is 14.6 Å². The van der Waals surface area contributed by atoms with Crippen LogP contribution < -0.4 is 0 Å². The van der Waals surface area contributed by atoms with Gasteiger partial charge in [0, 0.05) is 18.4 Å². The van der Waals surface area contributed by atoms with Crippen molar-refractivity contribution in [3.8, 4) is 11.1 Å². The van der Waals surface area contributed by atoms with E-state index in [4.69, 9.17) is 9.84 Å². The molecule has 3 atom stereocenters. The molecule has 2 aliphatic rings. The normalized spacial score (nSPS) is 23.5. The quantitative estimate of drug-likeness (QED) is 0.410. The number of carboxylic acids is 1. The molecule has 2 aromatic carbocycles. The van der Waals surface area contributed by atoms with Crippen LogP contribution in [0.5, 0.6) is 0 Å². The predicted octanol–water partition coefficient (Wildman–Crippen LogP) is 6.31. The third-order valence-electron chi connectivity index (χ3n) is 7.21. The lowest BCUT2D eigenvalue weighted by atomic mass is 9.94. The summed E-state index contributed by atoms with van der Waals surface area (Å²) in [6.07, 6.45) is 12.4. The van der Waals surface area contributed by atoms with Gasteiger partial charge in [-0.1, -0.05) is 66.7 Å². The van der Waals surface area contributed by atoms with Gasteiger partial charge in [-0.15, -0.1) is 0 Å². The molecule has 0 bridgehead atoms. The van der Waals surface area contributed by atoms with E-state index in [0.717, 1.165) is 19.3 Å². The van der Waals surface area contributed by atoms with Gasteiger partial charge in [-0.05, 0) is 74.7 Å². The van der Waals surface area contributed by atoms with Gasteiger partial charge in [0.25, 0.3) is 0 Å². The fourth-order valence-electron chi connectivity index (χ4n) is 5.48. The van der Waals surface area contributed by atoms with Crippen molar-refractivity contribution >= 4 is 5.97 Å². The summed E-state index contributed by atoms with van der Waals surface area (Å²) in [6.45, 7) is 3.12. The van der Waals surface area contributed by atoms with Crippen LogP contribution in [0.3, 0.4) is 0 Å². The molecular weight excluding hydrogens is 410 g/mol. The number of carbonyl (C=O) groups is 1. The largest absolute Gasteiger partial charge is 0.481 e. The van der Waals surface area contributed by atoms with Crippen LogP contribution in [-0.4, -0.2) is 41.2 Å². The Balaban J connectivity index is 1.33. The number of carboxylic acid groups (broad SMARTS) is 1. The molecule has 2 aromatic rings. The zero-order chi connectivity index (χ0) is 22.9. The van der Waals surface area contributed by atoms with Gasteiger partial charge in [-0.3, -0.25) is 4.79 Å². The SMILES string of the molecule is O=C(O)CC/C=C\CC[C@H]1[C@@H](OCc2ccc(-c3ccccc3)cc2)CC[C@@H]1N1CCCC1. The number of hydrogen-bond donors (Lipinski definition) is 1. The van der Waals surface area contributed by atoms with Gasteiger partial charge in [0.05, 0.1) is 12.7 Å². The number of hydrogen-bond acceptors (Lipinski definition) is 3. The zero-order valence-corrected chi connectivity index (χ0v) is 19.6. The van der Waals surface area contributed by atoms with Crippen LogP contribution in [0.2, 0.25) is 0 Å². The van der Waals surface area contributed by atoms with Gasteiger partial charge in [0.1, 0.15) is 0 Å². The average molecular weight is 448 g/mol. The van der Waals surface area contributed by atoms with Crippen LogP contribution in [0, 0.1) is 5.92 Å². The van der Waals surface area contributed by atoms with Gasteiger partial charge in [-0.25, -0.2) is 0 Å². The highest BCUT2D eigenvalue weighted by Gasteiger charge is 2.40. The lowest BCUT2D eigenvalue weighted by Gasteiger charge is -2.31. The molecule has 1 aliphatic heterocycles. The van der Waals surface area contributed by atoms with Crippen molar-refractivity contribution in [2.24, 2.45) is 5.92 Å². The molecular formula is C29H37NO3. The van der Waals surface area contributed by atoms with E-state index in [0.29, 0.717) is 31.1 Å². The average Bonchev–Trinajstić information content (AvgIpc) is 3.51. The van der Waals surface area contributed by atoms with Gasteiger partial charge in [-0.2, -0.15) is 0 Å². The Hall–Kier alpha value is -2.43. The topological polar surface area (TPSA) is 49.8 Å². The molecule has 0 aromatic heterocycles. The first-order valence-electron chi connectivity index (χ1n) is 12.6. The second-order valence-corrected chi connectivity index (χ2v) is 9.45. The molecule has 1 saturated carbocycles. The molecule has 4 heteroatoms. The minimum atomic E-state index is -0.727.